The predicted molar refractivity (Wildman–Crippen MR) is 271 cm³/mol. The molecule has 0 saturated heterocycles. The van der Waals surface area contributed by atoms with Crippen LogP contribution in [0.2, 0.25) is 0 Å². The van der Waals surface area contributed by atoms with Gasteiger partial charge in [0.1, 0.15) is 43.2 Å². The fraction of sp³-hybridized carbons (Fsp3) is 0.647. The van der Waals surface area contributed by atoms with Crippen LogP contribution in [0, 0.1) is 0 Å². The molecule has 5 unspecified atom stereocenters. The van der Waals surface area contributed by atoms with Crippen molar-refractivity contribution < 1.29 is 87.1 Å². The second-order valence-corrected chi connectivity index (χ2v) is 19.8. The van der Waals surface area contributed by atoms with E-state index in [-0.39, 0.29) is 12.8 Å². The molecule has 1 rings (SSSR count). The van der Waals surface area contributed by atoms with Crippen LogP contribution in [0.25, 0.3) is 0 Å². The summed E-state index contributed by atoms with van der Waals surface area (Å²) in [7, 11) is -10.8. The molecule has 18 nitrogen and oxygen atoms in total. The molecule has 1 fully saturated rings. The first-order valence-corrected chi connectivity index (χ1v) is 28.0. The Morgan fingerprint density at radius 2 is 1.04 bits per heavy atom. The van der Waals surface area contributed by atoms with Gasteiger partial charge in [0, 0.05) is 12.8 Å². The SMILES string of the molecule is CC/C=C\C[C@@H](O)/C=C/C=C\C=C\[C@@H](O)C/C=C\C/C=C\CCC(=O)OC[C@H](COP(=O)(O)O[C@H]1C(O)C(O)C(O)[C@@H](OP(=O)(O)O)C1O)OC(=O)CCCCCCCCC/C=C\C/C=C\CCCCC. The van der Waals surface area contributed by atoms with Crippen LogP contribution in [0.3, 0.4) is 0 Å². The van der Waals surface area contributed by atoms with E-state index in [2.05, 4.69) is 35.8 Å². The van der Waals surface area contributed by atoms with Gasteiger partial charge in [0.25, 0.3) is 0 Å². The Bertz CT molecular complexity index is 1770. The van der Waals surface area contributed by atoms with Crippen molar-refractivity contribution in [3.63, 3.8) is 0 Å². The zero-order valence-corrected chi connectivity index (χ0v) is 43.4. The number of phosphoric ester groups is 2. The molecule has 0 aromatic heterocycles. The highest BCUT2D eigenvalue weighted by Crippen LogP contribution is 2.49. The third-order valence-electron chi connectivity index (χ3n) is 10.8. The molecule has 0 amide bonds. The van der Waals surface area contributed by atoms with Gasteiger partial charge in [-0.2, -0.15) is 0 Å². The van der Waals surface area contributed by atoms with Crippen LogP contribution < -0.4 is 0 Å². The van der Waals surface area contributed by atoms with E-state index in [0.717, 1.165) is 64.2 Å². The topological polar surface area (TPSA) is 296 Å². The Morgan fingerprint density at radius 1 is 0.535 bits per heavy atom. The van der Waals surface area contributed by atoms with Gasteiger partial charge in [-0.3, -0.25) is 23.2 Å². The average molecular weight is 1050 g/mol. The van der Waals surface area contributed by atoms with Crippen LogP contribution in [0.1, 0.15) is 142 Å². The summed E-state index contributed by atoms with van der Waals surface area (Å²) in [5.74, 6) is -1.39. The number of carbonyl (C=O) groups is 2. The smallest absolute Gasteiger partial charge is 0.462 e. The maximum Gasteiger partial charge on any atom is 0.472 e. The van der Waals surface area contributed by atoms with Crippen molar-refractivity contribution in [2.45, 2.75) is 197 Å². The molecule has 71 heavy (non-hydrogen) atoms. The van der Waals surface area contributed by atoms with Crippen LogP contribution in [0.5, 0.6) is 0 Å². The van der Waals surface area contributed by atoms with Crippen molar-refractivity contribution in [3.05, 3.63) is 97.2 Å². The standard InChI is InChI=1S/C51H84O18P2/c1-3-5-7-8-9-10-11-12-13-14-15-16-17-18-19-24-32-38-45(55)67-43(40-66-71(63,64)69-51-48(58)46(56)47(57)50(49(51)59)68-70(60,61)62)39-65-44(54)37-31-23-21-20-22-28-34-42(53)36-30-26-25-29-35-41(52)33-27-6-4-2/h6,9-10,12-13,21-23,25-30,35-36,41-43,46-53,56-59H,3-5,7-8,11,14-20,24,31-34,37-40H2,1-2H3,(H,63,64)(H2,60,61,62)/b10-9-,13-12-,23-21-,26-25-,27-6-,28-22-,35-29+,36-30+/t41-,42+,43-,46?,47?,48?,49?,50-,51+/m1/s1. The summed E-state index contributed by atoms with van der Waals surface area (Å²) in [6, 6.07) is 0. The van der Waals surface area contributed by atoms with Gasteiger partial charge < -0.3 is 54.8 Å². The minimum atomic E-state index is -5.39. The van der Waals surface area contributed by atoms with E-state index < -0.39 is 95.7 Å². The van der Waals surface area contributed by atoms with E-state index in [9.17, 15) is 64.0 Å². The number of phosphoric acid groups is 2. The van der Waals surface area contributed by atoms with Gasteiger partial charge in [-0.15, -0.1) is 0 Å². The zero-order valence-electron chi connectivity index (χ0n) is 41.6. The number of carbonyl (C=O) groups excluding carboxylic acids is 2. The molecule has 9 N–H and O–H groups in total. The lowest BCUT2D eigenvalue weighted by molar-refractivity contribution is -0.216. The van der Waals surface area contributed by atoms with Crippen LogP contribution in [-0.2, 0) is 41.8 Å². The number of rotatable bonds is 40. The van der Waals surface area contributed by atoms with E-state index in [1.165, 1.54) is 19.3 Å². The summed E-state index contributed by atoms with van der Waals surface area (Å²) < 4.78 is 49.3. The lowest BCUT2D eigenvalue weighted by Crippen LogP contribution is -2.64. The highest BCUT2D eigenvalue weighted by Gasteiger charge is 2.54. The molecule has 0 aliphatic heterocycles. The fourth-order valence-corrected chi connectivity index (χ4v) is 8.44. The summed E-state index contributed by atoms with van der Waals surface area (Å²) in [5, 5.41) is 61.3. The minimum Gasteiger partial charge on any atom is -0.462 e. The molecule has 0 bridgehead atoms. The molecule has 1 saturated carbocycles. The fourth-order valence-electron chi connectivity index (χ4n) is 6.90. The molecule has 1 aliphatic carbocycles. The van der Waals surface area contributed by atoms with Crippen LogP contribution in [-0.4, -0.2) is 125 Å². The summed E-state index contributed by atoms with van der Waals surface area (Å²) in [4.78, 5) is 54.4. The lowest BCUT2D eigenvalue weighted by atomic mass is 9.85. The Labute approximate surface area is 421 Å². The highest BCUT2D eigenvalue weighted by molar-refractivity contribution is 7.47. The average Bonchev–Trinajstić information content (AvgIpc) is 3.32. The van der Waals surface area contributed by atoms with E-state index >= 15 is 0 Å². The number of allylic oxidation sites excluding steroid dienone is 12. The maximum atomic E-state index is 13.0. The third-order valence-corrected chi connectivity index (χ3v) is 12.3. The van der Waals surface area contributed by atoms with Crippen LogP contribution in [0.15, 0.2) is 97.2 Å². The molecule has 20 heteroatoms. The Kier molecular flexibility index (Phi) is 37.3. The summed E-state index contributed by atoms with van der Waals surface area (Å²) in [6.07, 6.45) is 29.9. The second kappa shape index (κ2) is 40.3. The number of esters is 2. The normalized spacial score (nSPS) is 22.6. The van der Waals surface area contributed by atoms with Crippen LogP contribution >= 0.6 is 15.6 Å². The first kappa shape index (κ1) is 65.9. The van der Waals surface area contributed by atoms with Gasteiger partial charge >= 0.3 is 27.6 Å². The largest absolute Gasteiger partial charge is 0.472 e. The maximum absolute atomic E-state index is 13.0. The monoisotopic (exact) mass is 1050 g/mol. The molecular weight excluding hydrogens is 962 g/mol. The second-order valence-electron chi connectivity index (χ2n) is 17.2. The molecule has 0 heterocycles. The summed E-state index contributed by atoms with van der Waals surface area (Å²) in [5.41, 5.74) is 0. The van der Waals surface area contributed by atoms with E-state index in [1.54, 1.807) is 42.5 Å². The molecule has 1 aliphatic rings. The van der Waals surface area contributed by atoms with E-state index in [0.29, 0.717) is 32.1 Å². The third kappa shape index (κ3) is 34.8. The summed E-state index contributed by atoms with van der Waals surface area (Å²) in [6.45, 7) is 2.74. The number of unbranched alkanes of at least 4 members (excludes halogenated alkanes) is 10. The number of ether oxygens (including phenoxy) is 2. The highest BCUT2D eigenvalue weighted by atomic mass is 31.2. The number of aliphatic hydroxyl groups excluding tert-OH is 6. The lowest BCUT2D eigenvalue weighted by Gasteiger charge is -2.43. The predicted octanol–water partition coefficient (Wildman–Crippen LogP) is 7.89. The zero-order chi connectivity index (χ0) is 52.8. The molecule has 0 aromatic carbocycles. The van der Waals surface area contributed by atoms with Gasteiger partial charge in [0.05, 0.1) is 18.8 Å². The quantitative estimate of drug-likeness (QED) is 0.00926. The van der Waals surface area contributed by atoms with Gasteiger partial charge in [0.15, 0.2) is 6.10 Å². The Hall–Kier alpha value is -3.16. The molecule has 0 radical (unpaired) electrons. The molecule has 0 spiro atoms. The molecule has 406 valence electrons. The first-order valence-electron chi connectivity index (χ1n) is 25.0. The minimum absolute atomic E-state index is 0.00841. The van der Waals surface area contributed by atoms with E-state index in [1.807, 2.05) is 37.3 Å². The van der Waals surface area contributed by atoms with Crippen molar-refractivity contribution in [3.8, 4) is 0 Å². The van der Waals surface area contributed by atoms with Crippen molar-refractivity contribution in [1.29, 1.82) is 0 Å². The van der Waals surface area contributed by atoms with Crippen molar-refractivity contribution in [1.82, 2.24) is 0 Å². The number of hydrogen-bond acceptors (Lipinski definition) is 15. The molecule has 0 aromatic rings. The van der Waals surface area contributed by atoms with Crippen LogP contribution in [0.4, 0.5) is 0 Å². The van der Waals surface area contributed by atoms with E-state index in [4.69, 9.17) is 18.5 Å². The number of hydrogen-bond donors (Lipinski definition) is 9. The van der Waals surface area contributed by atoms with Crippen molar-refractivity contribution in [2.24, 2.45) is 0 Å². The van der Waals surface area contributed by atoms with Crippen molar-refractivity contribution >= 4 is 27.6 Å². The molecule has 10 atom stereocenters. The first-order chi connectivity index (χ1) is 33.9. The molecular formula is C51H84O18P2. The van der Waals surface area contributed by atoms with Gasteiger partial charge in [-0.1, -0.05) is 156 Å². The number of aliphatic hydroxyl groups is 6. The Balaban J connectivity index is 2.67. The summed E-state index contributed by atoms with van der Waals surface area (Å²) >= 11 is 0. The Morgan fingerprint density at radius 3 is 1.61 bits per heavy atom. The van der Waals surface area contributed by atoms with Gasteiger partial charge in [-0.05, 0) is 70.6 Å². The van der Waals surface area contributed by atoms with Gasteiger partial charge in [0.2, 0.25) is 0 Å². The van der Waals surface area contributed by atoms with Crippen molar-refractivity contribution in [2.75, 3.05) is 13.2 Å². The van der Waals surface area contributed by atoms with Gasteiger partial charge in [-0.25, -0.2) is 9.13 Å².